The summed E-state index contributed by atoms with van der Waals surface area (Å²) >= 11 is 1.60. The van der Waals surface area contributed by atoms with Gasteiger partial charge in [0.25, 0.3) is 0 Å². The van der Waals surface area contributed by atoms with Crippen LogP contribution in [0.25, 0.3) is 16.6 Å². The van der Waals surface area contributed by atoms with Crippen LogP contribution in [0.15, 0.2) is 60.1 Å². The van der Waals surface area contributed by atoms with Crippen LogP contribution in [0.1, 0.15) is 11.1 Å². The summed E-state index contributed by atoms with van der Waals surface area (Å²) in [4.78, 5) is 26.6. The molecule has 0 saturated carbocycles. The first-order valence-corrected chi connectivity index (χ1v) is 10.5. The molecule has 2 N–H and O–H groups in total. The van der Waals surface area contributed by atoms with Crippen molar-refractivity contribution in [3.63, 3.8) is 0 Å². The average molecular weight is 423 g/mol. The number of carbonyl (C=O) groups is 2. The summed E-state index contributed by atoms with van der Waals surface area (Å²) in [6.45, 7) is 1.54. The molecule has 4 rings (SSSR count). The number of rotatable bonds is 6. The predicted octanol–water partition coefficient (Wildman–Crippen LogP) is 2.39. The molecule has 1 aromatic carbocycles. The molecule has 3 aromatic rings. The van der Waals surface area contributed by atoms with Crippen molar-refractivity contribution in [1.82, 2.24) is 14.7 Å². The Morgan fingerprint density at radius 1 is 1.23 bits per heavy atom. The number of hydrogen-bond donors (Lipinski definition) is 1. The molecule has 3 heterocycles. The van der Waals surface area contributed by atoms with E-state index in [1.165, 1.54) is 6.08 Å². The highest BCUT2D eigenvalue weighted by Crippen LogP contribution is 2.28. The van der Waals surface area contributed by atoms with E-state index in [0.29, 0.717) is 19.7 Å². The lowest BCUT2D eigenvalue weighted by Crippen LogP contribution is -2.50. The van der Waals surface area contributed by atoms with Crippen molar-refractivity contribution < 1.29 is 14.3 Å². The molecule has 0 spiro atoms. The molecule has 1 saturated heterocycles. The lowest BCUT2D eigenvalue weighted by molar-refractivity contribution is -0.142. The van der Waals surface area contributed by atoms with Crippen LogP contribution in [0.3, 0.4) is 0 Å². The van der Waals surface area contributed by atoms with Gasteiger partial charge in [0.1, 0.15) is 5.69 Å². The van der Waals surface area contributed by atoms with E-state index in [9.17, 15) is 9.59 Å². The van der Waals surface area contributed by atoms with E-state index < -0.39 is 12.0 Å². The second-order valence-corrected chi connectivity index (χ2v) is 7.92. The molecule has 8 heteroatoms. The minimum Gasteiger partial charge on any atom is -0.367 e. The summed E-state index contributed by atoms with van der Waals surface area (Å²) in [6.07, 6.45) is 4.48. The highest BCUT2D eigenvalue weighted by Gasteiger charge is 2.26. The van der Waals surface area contributed by atoms with E-state index in [1.54, 1.807) is 22.3 Å². The van der Waals surface area contributed by atoms with E-state index >= 15 is 0 Å². The van der Waals surface area contributed by atoms with Crippen molar-refractivity contribution in [2.45, 2.75) is 12.6 Å². The molecular formula is C22H22N4O3S. The molecule has 1 aliphatic heterocycles. The number of thiophene rings is 1. The molecular weight excluding hydrogens is 400 g/mol. The van der Waals surface area contributed by atoms with Crippen LogP contribution in [-0.2, 0) is 20.9 Å². The van der Waals surface area contributed by atoms with Crippen LogP contribution in [0, 0.1) is 0 Å². The van der Waals surface area contributed by atoms with Crippen LogP contribution in [0.4, 0.5) is 0 Å². The molecule has 2 amide bonds. The Balaban J connectivity index is 1.55. The van der Waals surface area contributed by atoms with Crippen LogP contribution < -0.4 is 5.73 Å². The van der Waals surface area contributed by atoms with Crippen molar-refractivity contribution >= 4 is 29.2 Å². The number of hydrogen-bond acceptors (Lipinski definition) is 5. The fraction of sp³-hybridized carbons (Fsp3) is 0.227. The van der Waals surface area contributed by atoms with Gasteiger partial charge in [0.05, 0.1) is 24.6 Å². The fourth-order valence-corrected chi connectivity index (χ4v) is 4.03. The van der Waals surface area contributed by atoms with Gasteiger partial charge in [-0.25, -0.2) is 0 Å². The van der Waals surface area contributed by atoms with E-state index in [-0.39, 0.29) is 12.5 Å². The number of carbonyl (C=O) groups excluding carboxylic acids is 2. The molecule has 1 atom stereocenters. The number of ether oxygens (including phenoxy) is 1. The molecule has 1 fully saturated rings. The van der Waals surface area contributed by atoms with Gasteiger partial charge in [-0.15, -0.1) is 11.3 Å². The first kappa shape index (κ1) is 20.1. The Bertz CT molecular complexity index is 1040. The van der Waals surface area contributed by atoms with Gasteiger partial charge in [0, 0.05) is 24.4 Å². The van der Waals surface area contributed by atoms with Gasteiger partial charge >= 0.3 is 0 Å². The Labute approximate surface area is 178 Å². The summed E-state index contributed by atoms with van der Waals surface area (Å²) in [5.41, 5.74) is 8.15. The zero-order valence-corrected chi connectivity index (χ0v) is 17.1. The fourth-order valence-electron chi connectivity index (χ4n) is 3.30. The SMILES string of the molecule is NC(=O)C1CN(C(=O)C=Cc2cn(Cc3ccccc3)nc2-c2cccs2)CCO1. The summed E-state index contributed by atoms with van der Waals surface area (Å²) in [5.74, 6) is -0.740. The van der Waals surface area contributed by atoms with Gasteiger partial charge in [0.15, 0.2) is 6.10 Å². The summed E-state index contributed by atoms with van der Waals surface area (Å²) < 4.78 is 7.19. The molecule has 1 aliphatic rings. The highest BCUT2D eigenvalue weighted by molar-refractivity contribution is 7.13. The van der Waals surface area contributed by atoms with Crippen molar-refractivity contribution in [1.29, 1.82) is 0 Å². The lowest BCUT2D eigenvalue weighted by atomic mass is 10.2. The minimum atomic E-state index is -0.758. The Morgan fingerprint density at radius 3 is 2.80 bits per heavy atom. The summed E-state index contributed by atoms with van der Waals surface area (Å²) in [7, 11) is 0. The van der Waals surface area contributed by atoms with Gasteiger partial charge in [-0.3, -0.25) is 14.3 Å². The van der Waals surface area contributed by atoms with Gasteiger partial charge < -0.3 is 15.4 Å². The van der Waals surface area contributed by atoms with Crippen molar-refractivity contribution in [2.75, 3.05) is 19.7 Å². The van der Waals surface area contributed by atoms with E-state index in [1.807, 2.05) is 46.6 Å². The van der Waals surface area contributed by atoms with Crippen LogP contribution in [-0.4, -0.2) is 52.3 Å². The maximum absolute atomic E-state index is 12.6. The third-order valence-electron chi connectivity index (χ3n) is 4.83. The number of primary amides is 1. The number of amides is 2. The quantitative estimate of drug-likeness (QED) is 0.618. The second-order valence-electron chi connectivity index (χ2n) is 6.97. The number of morpholine rings is 1. The Morgan fingerprint density at radius 2 is 2.07 bits per heavy atom. The molecule has 7 nitrogen and oxygen atoms in total. The first-order chi connectivity index (χ1) is 14.6. The third kappa shape index (κ3) is 4.67. The molecule has 2 aromatic heterocycles. The zero-order chi connectivity index (χ0) is 20.9. The standard InChI is InChI=1S/C22H22N4O3S/c23-22(28)18-15-25(10-11-29-18)20(27)9-8-17-14-26(13-16-5-2-1-3-6-16)24-21(17)19-7-4-12-30-19/h1-9,12,14,18H,10-11,13,15H2,(H2,23,28). The third-order valence-corrected chi connectivity index (χ3v) is 5.71. The minimum absolute atomic E-state index is 0.170. The maximum atomic E-state index is 12.6. The topological polar surface area (TPSA) is 90.5 Å². The van der Waals surface area contributed by atoms with Crippen LogP contribution in [0.2, 0.25) is 0 Å². The summed E-state index contributed by atoms with van der Waals surface area (Å²) in [5, 5.41) is 6.75. The monoisotopic (exact) mass is 422 g/mol. The molecule has 0 bridgehead atoms. The summed E-state index contributed by atoms with van der Waals surface area (Å²) in [6, 6.07) is 14.1. The zero-order valence-electron chi connectivity index (χ0n) is 16.3. The van der Waals surface area contributed by atoms with Crippen molar-refractivity contribution in [2.24, 2.45) is 5.73 Å². The maximum Gasteiger partial charge on any atom is 0.248 e. The molecule has 154 valence electrons. The van der Waals surface area contributed by atoms with E-state index in [0.717, 1.165) is 21.7 Å². The smallest absolute Gasteiger partial charge is 0.248 e. The molecule has 30 heavy (non-hydrogen) atoms. The largest absolute Gasteiger partial charge is 0.367 e. The van der Waals surface area contributed by atoms with Crippen molar-refractivity contribution in [3.05, 3.63) is 71.2 Å². The molecule has 0 radical (unpaired) electrons. The van der Waals surface area contributed by atoms with Crippen LogP contribution >= 0.6 is 11.3 Å². The predicted molar refractivity (Wildman–Crippen MR) is 116 cm³/mol. The van der Waals surface area contributed by atoms with Crippen molar-refractivity contribution in [3.8, 4) is 10.6 Å². The molecule has 1 unspecified atom stereocenters. The Kier molecular flexibility index (Phi) is 6.06. The normalized spacial score (nSPS) is 16.8. The number of aromatic nitrogens is 2. The highest BCUT2D eigenvalue weighted by atomic mass is 32.1. The number of nitrogens with two attached hydrogens (primary N) is 1. The Hall–Kier alpha value is -3.23. The van der Waals surface area contributed by atoms with E-state index in [2.05, 4.69) is 12.1 Å². The second kappa shape index (κ2) is 9.06. The lowest BCUT2D eigenvalue weighted by Gasteiger charge is -2.30. The average Bonchev–Trinajstić information content (AvgIpc) is 3.42. The van der Waals surface area contributed by atoms with Gasteiger partial charge in [-0.2, -0.15) is 5.10 Å². The number of benzene rings is 1. The molecule has 0 aliphatic carbocycles. The number of nitrogens with zero attached hydrogens (tertiary/aromatic N) is 3. The van der Waals surface area contributed by atoms with Gasteiger partial charge in [-0.1, -0.05) is 36.4 Å². The first-order valence-electron chi connectivity index (χ1n) is 9.63. The van der Waals surface area contributed by atoms with Gasteiger partial charge in [0.2, 0.25) is 11.8 Å². The van der Waals surface area contributed by atoms with E-state index in [4.69, 9.17) is 15.6 Å². The van der Waals surface area contributed by atoms with Crippen LogP contribution in [0.5, 0.6) is 0 Å². The van der Waals surface area contributed by atoms with Gasteiger partial charge in [-0.05, 0) is 23.1 Å².